The zero-order valence-corrected chi connectivity index (χ0v) is 22.1. The Labute approximate surface area is 204 Å². The molecule has 1 amide bonds. The molecule has 3 rings (SSSR count). The van der Waals surface area contributed by atoms with Gasteiger partial charge in [0.05, 0.1) is 29.9 Å². The molecule has 0 fully saturated rings. The summed E-state index contributed by atoms with van der Waals surface area (Å²) in [5, 5.41) is 13.4. The maximum absolute atomic E-state index is 13.2. The first-order chi connectivity index (χ1) is 15.6. The van der Waals surface area contributed by atoms with E-state index in [1.807, 2.05) is 23.7 Å². The van der Waals surface area contributed by atoms with Gasteiger partial charge in [-0.15, -0.1) is 11.3 Å². The van der Waals surface area contributed by atoms with Crippen molar-refractivity contribution in [3.05, 3.63) is 67.3 Å². The molecular formula is C24H31ClN2O4SSi. The van der Waals surface area contributed by atoms with Crippen molar-refractivity contribution in [2.24, 2.45) is 7.05 Å². The van der Waals surface area contributed by atoms with Crippen molar-refractivity contribution < 1.29 is 14.6 Å². The van der Waals surface area contributed by atoms with E-state index in [0.717, 1.165) is 27.6 Å². The first kappa shape index (κ1) is 25.6. The molecule has 0 saturated carbocycles. The number of hydrogen-bond donors (Lipinski definition) is 2. The smallest absolute Gasteiger partial charge is 0.224 e. The molecule has 0 atom stereocenters. The van der Waals surface area contributed by atoms with Gasteiger partial charge in [-0.25, -0.2) is 0 Å². The van der Waals surface area contributed by atoms with Gasteiger partial charge in [0.1, 0.15) is 0 Å². The number of nitrogens with zero attached hydrogens (tertiary/aromatic N) is 1. The highest BCUT2D eigenvalue weighted by atomic mass is 35.5. The summed E-state index contributed by atoms with van der Waals surface area (Å²) in [5.74, 6) is -0.227. The van der Waals surface area contributed by atoms with Gasteiger partial charge in [-0.3, -0.25) is 9.59 Å². The minimum absolute atomic E-state index is 0.00932. The lowest BCUT2D eigenvalue weighted by atomic mass is 10.1. The number of aryl methyl sites for hydroxylation is 1. The molecule has 2 N–H and O–H groups in total. The number of halogens is 1. The third-order valence-corrected chi connectivity index (χ3v) is 8.56. The van der Waals surface area contributed by atoms with Crippen LogP contribution in [-0.4, -0.2) is 30.3 Å². The molecule has 0 aliphatic heterocycles. The summed E-state index contributed by atoms with van der Waals surface area (Å²) in [6.45, 7) is 8.13. The number of carbonyl (C=O) groups is 1. The molecule has 3 aromatic rings. The Morgan fingerprint density at radius 3 is 2.58 bits per heavy atom. The topological polar surface area (TPSA) is 80.6 Å². The van der Waals surface area contributed by atoms with E-state index in [4.69, 9.17) is 16.3 Å². The van der Waals surface area contributed by atoms with Crippen LogP contribution in [0.25, 0.3) is 10.2 Å². The van der Waals surface area contributed by atoms with E-state index in [0.29, 0.717) is 35.0 Å². The Kier molecular flexibility index (Phi) is 8.52. The van der Waals surface area contributed by atoms with E-state index >= 15 is 0 Å². The predicted octanol–water partition coefficient (Wildman–Crippen LogP) is 4.46. The van der Waals surface area contributed by atoms with E-state index in [9.17, 15) is 14.7 Å². The van der Waals surface area contributed by atoms with E-state index < -0.39 is 8.07 Å². The molecule has 0 aliphatic rings. The van der Waals surface area contributed by atoms with Crippen LogP contribution in [0.1, 0.15) is 21.6 Å². The first-order valence-corrected chi connectivity index (χ1v) is 15.8. The second kappa shape index (κ2) is 11.0. The number of ether oxygens (including phenoxy) is 1. The second-order valence-corrected chi connectivity index (χ2v) is 16.5. The molecule has 1 aromatic carbocycles. The molecule has 33 heavy (non-hydrogen) atoms. The number of benzene rings is 1. The summed E-state index contributed by atoms with van der Waals surface area (Å²) in [7, 11) is 0.658. The van der Waals surface area contributed by atoms with Crippen LogP contribution in [0.15, 0.2) is 35.3 Å². The van der Waals surface area contributed by atoms with E-state index in [-0.39, 0.29) is 24.4 Å². The number of thiophene rings is 1. The van der Waals surface area contributed by atoms with Gasteiger partial charge in [-0.1, -0.05) is 43.4 Å². The Hall–Kier alpha value is -1.97. The van der Waals surface area contributed by atoms with Crippen LogP contribution in [0, 0.1) is 0 Å². The summed E-state index contributed by atoms with van der Waals surface area (Å²) in [4.78, 5) is 26.4. The van der Waals surface area contributed by atoms with Gasteiger partial charge in [0.2, 0.25) is 11.3 Å². The first-order valence-electron chi connectivity index (χ1n) is 10.9. The summed E-state index contributed by atoms with van der Waals surface area (Å²) in [6, 6.07) is 8.30. The van der Waals surface area contributed by atoms with Gasteiger partial charge in [0, 0.05) is 55.5 Å². The van der Waals surface area contributed by atoms with E-state index in [1.54, 1.807) is 18.3 Å². The number of pyridine rings is 1. The fourth-order valence-corrected chi connectivity index (χ4v) is 5.59. The van der Waals surface area contributed by atoms with Crippen molar-refractivity contribution in [1.82, 2.24) is 9.88 Å². The summed E-state index contributed by atoms with van der Waals surface area (Å²) in [6.07, 6.45) is 1.70. The minimum Gasteiger partial charge on any atom is -0.391 e. The fraction of sp³-hybridized carbons (Fsp3) is 0.417. The number of rotatable bonds is 10. The highest BCUT2D eigenvalue weighted by molar-refractivity contribution is 7.19. The molecular weight excluding hydrogens is 476 g/mol. The molecule has 0 bridgehead atoms. The van der Waals surface area contributed by atoms with Crippen molar-refractivity contribution in [1.29, 1.82) is 0 Å². The molecule has 0 unspecified atom stereocenters. The zero-order valence-electron chi connectivity index (χ0n) is 19.5. The summed E-state index contributed by atoms with van der Waals surface area (Å²) in [5.41, 5.74) is 2.81. The Balaban J connectivity index is 1.76. The van der Waals surface area contributed by atoms with Crippen LogP contribution in [0.3, 0.4) is 0 Å². The third kappa shape index (κ3) is 6.77. The van der Waals surface area contributed by atoms with E-state index in [1.165, 1.54) is 11.3 Å². The maximum Gasteiger partial charge on any atom is 0.224 e. The third-order valence-electron chi connectivity index (χ3n) is 5.40. The number of aliphatic hydroxyl groups is 1. The Morgan fingerprint density at radius 1 is 1.24 bits per heavy atom. The normalized spacial score (nSPS) is 11.8. The van der Waals surface area contributed by atoms with Gasteiger partial charge < -0.3 is 19.7 Å². The SMILES string of the molecule is Cn1cc(CC(=O)NCc2ccc(Cl)cc2)c(=O)c2sc(CO)c(COCC[Si](C)(C)C)c21. The summed E-state index contributed by atoms with van der Waals surface area (Å²) < 4.78 is 8.33. The molecule has 0 aliphatic carbocycles. The number of amides is 1. The highest BCUT2D eigenvalue weighted by Gasteiger charge is 2.20. The van der Waals surface area contributed by atoms with Crippen LogP contribution >= 0.6 is 22.9 Å². The van der Waals surface area contributed by atoms with Crippen molar-refractivity contribution >= 4 is 47.1 Å². The second-order valence-electron chi connectivity index (χ2n) is 9.38. The molecule has 0 saturated heterocycles. The Bertz CT molecular complexity index is 1180. The lowest BCUT2D eigenvalue weighted by Gasteiger charge is -2.16. The molecule has 178 valence electrons. The number of aliphatic hydroxyl groups excluding tert-OH is 1. The monoisotopic (exact) mass is 506 g/mol. The largest absolute Gasteiger partial charge is 0.391 e. The van der Waals surface area contributed by atoms with Crippen LogP contribution < -0.4 is 10.7 Å². The fourth-order valence-electron chi connectivity index (χ4n) is 3.53. The predicted molar refractivity (Wildman–Crippen MR) is 138 cm³/mol. The molecule has 9 heteroatoms. The van der Waals surface area contributed by atoms with Crippen LogP contribution in [0.5, 0.6) is 0 Å². The number of hydrogen-bond acceptors (Lipinski definition) is 5. The Morgan fingerprint density at radius 2 is 1.94 bits per heavy atom. The van der Waals surface area contributed by atoms with Crippen LogP contribution in [0.2, 0.25) is 30.7 Å². The molecule has 6 nitrogen and oxygen atoms in total. The van der Waals surface area contributed by atoms with Crippen LogP contribution in [-0.2, 0) is 42.8 Å². The quantitative estimate of drug-likeness (QED) is 0.314. The number of carbonyl (C=O) groups excluding carboxylic acids is 1. The summed E-state index contributed by atoms with van der Waals surface area (Å²) >= 11 is 7.18. The van der Waals surface area contributed by atoms with Crippen molar-refractivity contribution in [3.8, 4) is 0 Å². The maximum atomic E-state index is 13.2. The van der Waals surface area contributed by atoms with Gasteiger partial charge >= 0.3 is 0 Å². The average molecular weight is 507 g/mol. The van der Waals surface area contributed by atoms with E-state index in [2.05, 4.69) is 25.0 Å². The molecule has 2 aromatic heterocycles. The van der Waals surface area contributed by atoms with Crippen molar-refractivity contribution in [3.63, 3.8) is 0 Å². The van der Waals surface area contributed by atoms with Gasteiger partial charge in [0.25, 0.3) is 0 Å². The number of nitrogens with one attached hydrogen (secondary N) is 1. The van der Waals surface area contributed by atoms with Crippen molar-refractivity contribution in [2.45, 2.75) is 51.9 Å². The average Bonchev–Trinajstić information content (AvgIpc) is 3.13. The minimum atomic E-state index is -1.20. The number of aromatic nitrogens is 1. The lowest BCUT2D eigenvalue weighted by molar-refractivity contribution is -0.120. The molecule has 2 heterocycles. The molecule has 0 radical (unpaired) electrons. The van der Waals surface area contributed by atoms with Gasteiger partial charge in [-0.05, 0) is 23.7 Å². The zero-order chi connectivity index (χ0) is 24.2. The van der Waals surface area contributed by atoms with Gasteiger partial charge in [0.15, 0.2) is 0 Å². The number of fused-ring (bicyclic) bond motifs is 1. The highest BCUT2D eigenvalue weighted by Crippen LogP contribution is 2.30. The standard InChI is InChI=1S/C24H31ClN2O4SSi/c1-27-13-17(11-21(29)26-12-16-5-7-18(25)8-6-16)23(30)24-22(27)19(20(14-28)32-24)15-31-9-10-33(2,3)4/h5-8,13,28H,9-12,14-15H2,1-4H3,(H,26,29). The van der Waals surface area contributed by atoms with Crippen LogP contribution in [0.4, 0.5) is 0 Å². The van der Waals surface area contributed by atoms with Crippen molar-refractivity contribution in [2.75, 3.05) is 6.61 Å². The van der Waals surface area contributed by atoms with Gasteiger partial charge in [-0.2, -0.15) is 0 Å². The molecule has 0 spiro atoms. The lowest BCUT2D eigenvalue weighted by Crippen LogP contribution is -2.27.